The number of methoxy groups -OCH3 is 1. The second kappa shape index (κ2) is 10.4. The van der Waals surface area contributed by atoms with Crippen molar-refractivity contribution in [1.29, 1.82) is 0 Å². The number of nitrogens with one attached hydrogen (secondary N) is 3. The number of urea groups is 1. The number of aliphatic hydroxyl groups is 1. The molecule has 0 bridgehead atoms. The van der Waals surface area contributed by atoms with Crippen molar-refractivity contribution in [3.8, 4) is 0 Å². The fourth-order valence-corrected chi connectivity index (χ4v) is 1.68. The van der Waals surface area contributed by atoms with Crippen LogP contribution in [0.2, 0.25) is 0 Å². The van der Waals surface area contributed by atoms with E-state index in [0.717, 1.165) is 0 Å². The number of amides is 3. The first-order chi connectivity index (χ1) is 11.1. The van der Waals surface area contributed by atoms with E-state index in [1.54, 1.807) is 24.3 Å². The molecule has 8 heteroatoms. The van der Waals surface area contributed by atoms with E-state index in [-0.39, 0.29) is 19.3 Å². The van der Waals surface area contributed by atoms with Crippen LogP contribution in [0, 0.1) is 0 Å². The molecule has 0 spiro atoms. The average Bonchev–Trinajstić information content (AvgIpc) is 2.53. The highest BCUT2D eigenvalue weighted by Gasteiger charge is 2.09. The van der Waals surface area contributed by atoms with Crippen molar-refractivity contribution >= 4 is 23.5 Å². The van der Waals surface area contributed by atoms with E-state index in [9.17, 15) is 9.59 Å². The van der Waals surface area contributed by atoms with Crippen LogP contribution < -0.4 is 16.0 Å². The molecule has 0 fully saturated rings. The third kappa shape index (κ3) is 7.48. The van der Waals surface area contributed by atoms with Crippen molar-refractivity contribution < 1.29 is 24.2 Å². The third-order valence-electron chi connectivity index (χ3n) is 2.94. The highest BCUT2D eigenvalue weighted by Crippen LogP contribution is 2.15. The number of carbonyl (C=O) groups is 2. The van der Waals surface area contributed by atoms with Crippen molar-refractivity contribution in [3.63, 3.8) is 0 Å². The maximum absolute atomic E-state index is 11.8. The van der Waals surface area contributed by atoms with Crippen molar-refractivity contribution in [2.45, 2.75) is 19.4 Å². The molecule has 0 heterocycles. The maximum atomic E-state index is 11.8. The number of rotatable bonds is 8. The highest BCUT2D eigenvalue weighted by molar-refractivity contribution is 5.91. The summed E-state index contributed by atoms with van der Waals surface area (Å²) >= 11 is 0. The summed E-state index contributed by atoms with van der Waals surface area (Å²) in [4.78, 5) is 23.3. The van der Waals surface area contributed by atoms with Gasteiger partial charge in [-0.2, -0.15) is 0 Å². The summed E-state index contributed by atoms with van der Waals surface area (Å²) in [6.07, 6.45) is 0.0220. The molecule has 1 rings (SSSR count). The van der Waals surface area contributed by atoms with Gasteiger partial charge in [-0.05, 0) is 24.6 Å². The number of aliphatic hydroxyl groups excluding tert-OH is 1. The average molecular weight is 325 g/mol. The summed E-state index contributed by atoms with van der Waals surface area (Å²) in [5.41, 5.74) is 0.990. The standard InChI is InChI=1S/C15H23N3O5/c1-3-11(10-19)16-14(20)17-12-5-4-6-13(9-12)18-15(21)23-8-7-22-2/h4-6,9,11,19H,3,7-8,10H2,1-2H3,(H,18,21)(H2,16,17,20)/t11-/m0/s1. The molecule has 23 heavy (non-hydrogen) atoms. The van der Waals surface area contributed by atoms with Gasteiger partial charge >= 0.3 is 12.1 Å². The normalized spacial score (nSPS) is 11.4. The van der Waals surface area contributed by atoms with Gasteiger partial charge in [-0.1, -0.05) is 13.0 Å². The van der Waals surface area contributed by atoms with E-state index in [0.29, 0.717) is 24.4 Å². The van der Waals surface area contributed by atoms with Crippen LogP contribution in [0.1, 0.15) is 13.3 Å². The minimum absolute atomic E-state index is 0.126. The molecule has 8 nitrogen and oxygen atoms in total. The van der Waals surface area contributed by atoms with Crippen LogP contribution in [0.15, 0.2) is 24.3 Å². The van der Waals surface area contributed by atoms with Gasteiger partial charge in [-0.25, -0.2) is 9.59 Å². The predicted molar refractivity (Wildman–Crippen MR) is 86.6 cm³/mol. The van der Waals surface area contributed by atoms with Gasteiger partial charge < -0.3 is 25.2 Å². The van der Waals surface area contributed by atoms with E-state index in [4.69, 9.17) is 14.6 Å². The van der Waals surface area contributed by atoms with Crippen LogP contribution in [0.4, 0.5) is 21.0 Å². The van der Waals surface area contributed by atoms with Crippen molar-refractivity contribution in [1.82, 2.24) is 5.32 Å². The molecular weight excluding hydrogens is 302 g/mol. The number of benzene rings is 1. The first-order valence-electron chi connectivity index (χ1n) is 7.30. The van der Waals surface area contributed by atoms with E-state index in [1.807, 2.05) is 6.92 Å². The predicted octanol–water partition coefficient (Wildman–Crippen LogP) is 1.77. The molecule has 0 aromatic heterocycles. The molecule has 0 saturated carbocycles. The molecule has 4 N–H and O–H groups in total. The SMILES string of the molecule is CC[C@@H](CO)NC(=O)Nc1cccc(NC(=O)OCCOC)c1. The van der Waals surface area contributed by atoms with E-state index < -0.39 is 12.1 Å². The van der Waals surface area contributed by atoms with Gasteiger partial charge in [0.15, 0.2) is 0 Å². The fourth-order valence-electron chi connectivity index (χ4n) is 1.68. The monoisotopic (exact) mass is 325 g/mol. The largest absolute Gasteiger partial charge is 0.447 e. The van der Waals surface area contributed by atoms with Gasteiger partial charge in [-0.3, -0.25) is 5.32 Å². The molecule has 0 unspecified atom stereocenters. The van der Waals surface area contributed by atoms with E-state index >= 15 is 0 Å². The lowest BCUT2D eigenvalue weighted by Gasteiger charge is -2.15. The minimum atomic E-state index is -0.602. The second-order valence-electron chi connectivity index (χ2n) is 4.72. The number of ether oxygens (including phenoxy) is 2. The Bertz CT molecular complexity index is 506. The Morgan fingerprint density at radius 3 is 2.52 bits per heavy atom. The van der Waals surface area contributed by atoms with Crippen LogP contribution in [0.25, 0.3) is 0 Å². The zero-order chi connectivity index (χ0) is 17.1. The molecule has 0 aliphatic heterocycles. The molecule has 3 amide bonds. The Hall–Kier alpha value is -2.32. The number of hydrogen-bond donors (Lipinski definition) is 4. The lowest BCUT2D eigenvalue weighted by molar-refractivity contribution is 0.107. The van der Waals surface area contributed by atoms with Crippen LogP contribution in [-0.4, -0.2) is 50.2 Å². The summed E-state index contributed by atoms with van der Waals surface area (Å²) in [6, 6.07) is 5.91. The first kappa shape index (κ1) is 18.7. The third-order valence-corrected chi connectivity index (χ3v) is 2.94. The van der Waals surface area contributed by atoms with Crippen molar-refractivity contribution in [3.05, 3.63) is 24.3 Å². The molecule has 1 aromatic carbocycles. The second-order valence-corrected chi connectivity index (χ2v) is 4.72. The van der Waals surface area contributed by atoms with Gasteiger partial charge in [0, 0.05) is 18.5 Å². The lowest BCUT2D eigenvalue weighted by Crippen LogP contribution is -2.39. The quantitative estimate of drug-likeness (QED) is 0.545. The summed E-state index contributed by atoms with van der Waals surface area (Å²) in [5.74, 6) is 0. The molecule has 0 saturated heterocycles. The van der Waals surface area contributed by atoms with Gasteiger partial charge in [0.2, 0.25) is 0 Å². The Balaban J connectivity index is 2.52. The summed E-state index contributed by atoms with van der Waals surface area (Å²) < 4.78 is 9.66. The summed E-state index contributed by atoms with van der Waals surface area (Å²) in [7, 11) is 1.52. The number of hydrogen-bond acceptors (Lipinski definition) is 5. The molecule has 0 radical (unpaired) electrons. The number of carbonyl (C=O) groups excluding carboxylic acids is 2. The van der Waals surface area contributed by atoms with Gasteiger partial charge in [0.1, 0.15) is 6.61 Å². The zero-order valence-corrected chi connectivity index (χ0v) is 13.3. The van der Waals surface area contributed by atoms with Gasteiger partial charge in [0.05, 0.1) is 19.3 Å². The maximum Gasteiger partial charge on any atom is 0.411 e. The van der Waals surface area contributed by atoms with Crippen LogP contribution in [-0.2, 0) is 9.47 Å². The first-order valence-corrected chi connectivity index (χ1v) is 7.30. The van der Waals surface area contributed by atoms with Gasteiger partial charge in [0.25, 0.3) is 0 Å². The Morgan fingerprint density at radius 2 is 1.91 bits per heavy atom. The summed E-state index contributed by atoms with van der Waals surface area (Å²) in [6.45, 7) is 2.21. The number of anilines is 2. The van der Waals surface area contributed by atoms with E-state index in [1.165, 1.54) is 7.11 Å². The summed E-state index contributed by atoms with van der Waals surface area (Å²) in [5, 5.41) is 16.9. The van der Waals surface area contributed by atoms with Crippen molar-refractivity contribution in [2.75, 3.05) is 37.6 Å². The van der Waals surface area contributed by atoms with Crippen LogP contribution in [0.3, 0.4) is 0 Å². The molecule has 0 aliphatic rings. The topological polar surface area (TPSA) is 109 Å². The molecular formula is C15H23N3O5. The molecule has 1 atom stereocenters. The molecule has 128 valence electrons. The minimum Gasteiger partial charge on any atom is -0.447 e. The highest BCUT2D eigenvalue weighted by atomic mass is 16.6. The van der Waals surface area contributed by atoms with Crippen LogP contribution >= 0.6 is 0 Å². The Labute approximate surface area is 135 Å². The van der Waals surface area contributed by atoms with Crippen LogP contribution in [0.5, 0.6) is 0 Å². The zero-order valence-electron chi connectivity index (χ0n) is 13.3. The van der Waals surface area contributed by atoms with E-state index in [2.05, 4.69) is 16.0 Å². The van der Waals surface area contributed by atoms with Gasteiger partial charge in [-0.15, -0.1) is 0 Å². The molecule has 1 aromatic rings. The Kier molecular flexibility index (Phi) is 8.48. The fraction of sp³-hybridized carbons (Fsp3) is 0.467. The lowest BCUT2D eigenvalue weighted by atomic mass is 10.2. The Morgan fingerprint density at radius 1 is 1.22 bits per heavy atom. The smallest absolute Gasteiger partial charge is 0.411 e. The molecule has 0 aliphatic carbocycles. The van der Waals surface area contributed by atoms with Crippen molar-refractivity contribution in [2.24, 2.45) is 0 Å².